The average molecular weight is 312 g/mol. The van der Waals surface area contributed by atoms with E-state index in [0.29, 0.717) is 34.1 Å². The lowest BCUT2D eigenvalue weighted by molar-refractivity contribution is 0.104. The van der Waals surface area contributed by atoms with Gasteiger partial charge in [0.2, 0.25) is 18.3 Å². The van der Waals surface area contributed by atoms with Gasteiger partial charge < -0.3 is 18.9 Å². The molecule has 0 saturated heterocycles. The second-order valence-electron chi connectivity index (χ2n) is 4.83. The fourth-order valence-electron chi connectivity index (χ4n) is 2.40. The minimum Gasteiger partial charge on any atom is -0.492 e. The van der Waals surface area contributed by atoms with E-state index in [1.807, 2.05) is 18.2 Å². The van der Waals surface area contributed by atoms with Gasteiger partial charge in [-0.1, -0.05) is 30.3 Å². The molecule has 5 heteroatoms. The maximum absolute atomic E-state index is 12.2. The van der Waals surface area contributed by atoms with Crippen molar-refractivity contribution in [1.29, 1.82) is 0 Å². The first kappa shape index (κ1) is 15.0. The van der Waals surface area contributed by atoms with Gasteiger partial charge in [0.15, 0.2) is 17.3 Å². The predicted octanol–water partition coefficient (Wildman–Crippen LogP) is 3.33. The third-order valence-corrected chi connectivity index (χ3v) is 3.48. The Kier molecular flexibility index (Phi) is 4.19. The summed E-state index contributed by atoms with van der Waals surface area (Å²) in [7, 11) is 3.07. The maximum Gasteiger partial charge on any atom is 0.231 e. The summed E-state index contributed by atoms with van der Waals surface area (Å²) in [5.41, 5.74) is 1.30. The van der Waals surface area contributed by atoms with Gasteiger partial charge in [-0.2, -0.15) is 0 Å². The van der Waals surface area contributed by atoms with Crippen LogP contribution in [0.1, 0.15) is 15.9 Å². The van der Waals surface area contributed by atoms with Gasteiger partial charge in [-0.25, -0.2) is 0 Å². The minimum atomic E-state index is -0.0933. The molecule has 3 rings (SSSR count). The summed E-state index contributed by atoms with van der Waals surface area (Å²) in [6.07, 6.45) is 3.17. The van der Waals surface area contributed by atoms with Gasteiger partial charge in [0.1, 0.15) is 0 Å². The minimum absolute atomic E-state index is 0.0933. The van der Waals surface area contributed by atoms with E-state index in [1.54, 1.807) is 24.3 Å². The van der Waals surface area contributed by atoms with Crippen molar-refractivity contribution in [2.24, 2.45) is 0 Å². The zero-order valence-corrected chi connectivity index (χ0v) is 12.9. The third-order valence-electron chi connectivity index (χ3n) is 3.48. The zero-order chi connectivity index (χ0) is 16.2. The van der Waals surface area contributed by atoms with E-state index in [1.165, 1.54) is 20.3 Å². The molecular weight excluding hydrogens is 296 g/mol. The van der Waals surface area contributed by atoms with Crippen LogP contribution in [0.2, 0.25) is 0 Å². The van der Waals surface area contributed by atoms with E-state index in [0.717, 1.165) is 0 Å². The van der Waals surface area contributed by atoms with Crippen molar-refractivity contribution in [3.05, 3.63) is 53.6 Å². The Hall–Kier alpha value is -2.95. The lowest BCUT2D eigenvalue weighted by atomic mass is 10.1. The van der Waals surface area contributed by atoms with Crippen LogP contribution in [0.5, 0.6) is 23.0 Å². The summed E-state index contributed by atoms with van der Waals surface area (Å²) in [5, 5.41) is 0. The Balaban J connectivity index is 1.97. The highest BCUT2D eigenvalue weighted by Gasteiger charge is 2.25. The zero-order valence-electron chi connectivity index (χ0n) is 12.9. The molecule has 0 atom stereocenters. The smallest absolute Gasteiger partial charge is 0.231 e. The van der Waals surface area contributed by atoms with Crippen molar-refractivity contribution >= 4 is 11.9 Å². The molecule has 118 valence electrons. The van der Waals surface area contributed by atoms with Crippen LogP contribution >= 0.6 is 0 Å². The molecule has 0 radical (unpaired) electrons. The molecule has 0 aromatic heterocycles. The van der Waals surface area contributed by atoms with E-state index in [9.17, 15) is 4.79 Å². The number of carbonyl (C=O) groups excluding carboxylic acids is 1. The van der Waals surface area contributed by atoms with Crippen LogP contribution < -0.4 is 18.9 Å². The molecule has 0 saturated carbocycles. The Morgan fingerprint density at radius 3 is 2.52 bits per heavy atom. The summed E-state index contributed by atoms with van der Waals surface area (Å²) < 4.78 is 21.6. The molecule has 5 nitrogen and oxygen atoms in total. The van der Waals surface area contributed by atoms with Crippen molar-refractivity contribution in [2.45, 2.75) is 0 Å². The molecule has 2 aromatic rings. The van der Waals surface area contributed by atoms with E-state index in [2.05, 4.69) is 0 Å². The Morgan fingerprint density at radius 1 is 1.09 bits per heavy atom. The molecule has 0 fully saturated rings. The quantitative estimate of drug-likeness (QED) is 0.626. The number of rotatable bonds is 5. The molecule has 0 N–H and O–H groups in total. The van der Waals surface area contributed by atoms with E-state index in [-0.39, 0.29) is 12.6 Å². The monoisotopic (exact) mass is 312 g/mol. The molecular formula is C18H16O5. The number of ether oxygens (including phenoxy) is 4. The molecule has 1 aliphatic heterocycles. The van der Waals surface area contributed by atoms with Crippen LogP contribution in [0.15, 0.2) is 42.5 Å². The van der Waals surface area contributed by atoms with Gasteiger partial charge >= 0.3 is 0 Å². The van der Waals surface area contributed by atoms with Crippen LogP contribution in [0.3, 0.4) is 0 Å². The van der Waals surface area contributed by atoms with Gasteiger partial charge in [-0.3, -0.25) is 4.79 Å². The first-order chi connectivity index (χ1) is 11.2. The molecule has 0 aliphatic carbocycles. The average Bonchev–Trinajstić information content (AvgIpc) is 3.07. The highest BCUT2D eigenvalue weighted by atomic mass is 16.7. The number of fused-ring (bicyclic) bond motifs is 1. The fourth-order valence-corrected chi connectivity index (χ4v) is 2.40. The molecule has 0 unspecified atom stereocenters. The van der Waals surface area contributed by atoms with Gasteiger partial charge in [0, 0.05) is 11.1 Å². The lowest BCUT2D eigenvalue weighted by Gasteiger charge is -2.12. The molecule has 2 aromatic carbocycles. The number of hydrogen-bond acceptors (Lipinski definition) is 5. The second kappa shape index (κ2) is 6.44. The third kappa shape index (κ3) is 2.85. The number of benzene rings is 2. The topological polar surface area (TPSA) is 54.0 Å². The summed E-state index contributed by atoms with van der Waals surface area (Å²) in [5.74, 6) is 1.93. The maximum atomic E-state index is 12.2. The molecule has 0 spiro atoms. The Labute approximate surface area is 134 Å². The van der Waals surface area contributed by atoms with Gasteiger partial charge in [-0.05, 0) is 18.2 Å². The van der Waals surface area contributed by atoms with Crippen molar-refractivity contribution in [3.63, 3.8) is 0 Å². The standard InChI is InChI=1S/C18H16O5/c1-20-16-13(8-9-14(19)12-6-4-3-5-7-12)10-15-17(18(16)21-2)23-11-22-15/h3-10H,11H2,1-2H3/b9-8+. The summed E-state index contributed by atoms with van der Waals surface area (Å²) >= 11 is 0. The lowest BCUT2D eigenvalue weighted by Crippen LogP contribution is -1.96. The van der Waals surface area contributed by atoms with Crippen molar-refractivity contribution in [1.82, 2.24) is 0 Å². The molecule has 23 heavy (non-hydrogen) atoms. The van der Waals surface area contributed by atoms with Crippen LogP contribution in [0.4, 0.5) is 0 Å². The van der Waals surface area contributed by atoms with Gasteiger partial charge in [0.25, 0.3) is 0 Å². The van der Waals surface area contributed by atoms with Crippen LogP contribution in [0.25, 0.3) is 6.08 Å². The first-order valence-electron chi connectivity index (χ1n) is 7.06. The van der Waals surface area contributed by atoms with Gasteiger partial charge in [-0.15, -0.1) is 0 Å². The molecule has 0 bridgehead atoms. The fraction of sp³-hybridized carbons (Fsp3) is 0.167. The second-order valence-corrected chi connectivity index (χ2v) is 4.83. The number of methoxy groups -OCH3 is 2. The Morgan fingerprint density at radius 2 is 1.83 bits per heavy atom. The van der Waals surface area contributed by atoms with E-state index in [4.69, 9.17) is 18.9 Å². The van der Waals surface area contributed by atoms with Crippen molar-refractivity contribution < 1.29 is 23.7 Å². The van der Waals surface area contributed by atoms with E-state index < -0.39 is 0 Å². The summed E-state index contributed by atoms with van der Waals surface area (Å²) in [4.78, 5) is 12.2. The number of hydrogen-bond donors (Lipinski definition) is 0. The van der Waals surface area contributed by atoms with Crippen molar-refractivity contribution in [3.8, 4) is 23.0 Å². The van der Waals surface area contributed by atoms with Crippen molar-refractivity contribution in [2.75, 3.05) is 21.0 Å². The number of allylic oxidation sites excluding steroid dienone is 1. The highest BCUT2D eigenvalue weighted by molar-refractivity contribution is 6.07. The highest BCUT2D eigenvalue weighted by Crippen LogP contribution is 2.49. The number of carbonyl (C=O) groups is 1. The Bertz CT molecular complexity index is 750. The largest absolute Gasteiger partial charge is 0.492 e. The van der Waals surface area contributed by atoms with Crippen LogP contribution in [0, 0.1) is 0 Å². The predicted molar refractivity (Wildman–Crippen MR) is 85.5 cm³/mol. The SMILES string of the molecule is COc1c(/C=C/C(=O)c2ccccc2)cc2c(c1OC)OCO2. The molecule has 1 aliphatic rings. The summed E-state index contributed by atoms with van der Waals surface area (Å²) in [6.45, 7) is 0.130. The van der Waals surface area contributed by atoms with Gasteiger partial charge in [0.05, 0.1) is 14.2 Å². The van der Waals surface area contributed by atoms with E-state index >= 15 is 0 Å². The number of ketones is 1. The first-order valence-corrected chi connectivity index (χ1v) is 7.06. The molecule has 1 heterocycles. The normalized spacial score (nSPS) is 12.4. The molecule has 0 amide bonds. The van der Waals surface area contributed by atoms with Crippen LogP contribution in [-0.2, 0) is 0 Å². The summed E-state index contributed by atoms with van der Waals surface area (Å²) in [6, 6.07) is 10.8. The van der Waals surface area contributed by atoms with Crippen LogP contribution in [-0.4, -0.2) is 26.8 Å².